The number of benzene rings is 2. The molecule has 9 heteroatoms. The third kappa shape index (κ3) is 4.56. The molecule has 5 aromatic rings. The average Bonchev–Trinajstić information content (AvgIpc) is 3.60. The van der Waals surface area contributed by atoms with Crippen molar-refractivity contribution in [2.45, 2.75) is 46.6 Å². The number of unbranched alkanes of at least 4 members (excludes halogenated alkanes) is 1. The van der Waals surface area contributed by atoms with Gasteiger partial charge < -0.3 is 9.84 Å². The molecule has 1 fully saturated rings. The lowest BCUT2D eigenvalue weighted by molar-refractivity contribution is -0.132. The first kappa shape index (κ1) is 26.7. The maximum atomic E-state index is 13.7. The highest BCUT2D eigenvalue weighted by molar-refractivity contribution is 7.22. The van der Waals surface area contributed by atoms with E-state index in [2.05, 4.69) is 11.9 Å². The number of hydrogen-bond acceptors (Lipinski definition) is 7. The number of rotatable bonds is 7. The third-order valence-electron chi connectivity index (χ3n) is 7.36. The molecule has 0 aliphatic carbocycles. The number of aryl methyl sites for hydroxylation is 3. The predicted octanol–water partition coefficient (Wildman–Crippen LogP) is 6.67. The van der Waals surface area contributed by atoms with Crippen LogP contribution in [0.2, 0.25) is 0 Å². The molecular formula is C32H30N4O4S. The van der Waals surface area contributed by atoms with Crippen LogP contribution in [0.1, 0.15) is 53.9 Å². The molecular weight excluding hydrogens is 536 g/mol. The van der Waals surface area contributed by atoms with Crippen LogP contribution in [-0.2, 0) is 9.59 Å². The minimum Gasteiger partial charge on any atom is -0.505 e. The molecule has 8 nitrogen and oxygen atoms in total. The van der Waals surface area contributed by atoms with E-state index in [1.165, 1.54) is 16.2 Å². The number of aromatic nitrogens is 3. The van der Waals surface area contributed by atoms with Gasteiger partial charge in [-0.15, -0.1) is 0 Å². The van der Waals surface area contributed by atoms with Crippen LogP contribution in [0.4, 0.5) is 5.13 Å². The molecule has 6 rings (SSSR count). The molecule has 0 spiro atoms. The lowest BCUT2D eigenvalue weighted by Gasteiger charge is -2.23. The van der Waals surface area contributed by atoms with Crippen molar-refractivity contribution in [3.8, 4) is 5.75 Å². The molecule has 0 bridgehead atoms. The standard InChI is InChI=1S/C32H30N4O4S/c1-5-6-15-40-22-12-10-21(11-13-22)28-25(29(37)27-20(4)33-24-9-7-8-14-35(24)27)30(38)31(39)36(28)32-34-26-19(3)16-18(2)17-23(26)41-32/h7-14,16-17,28,37H,5-6,15H2,1-4H3. The topological polar surface area (TPSA) is 97.0 Å². The smallest absolute Gasteiger partial charge is 0.301 e. The van der Waals surface area contributed by atoms with Crippen LogP contribution < -0.4 is 9.64 Å². The maximum absolute atomic E-state index is 13.7. The Labute approximate surface area is 241 Å². The fraction of sp³-hybridized carbons (Fsp3) is 0.250. The summed E-state index contributed by atoms with van der Waals surface area (Å²) >= 11 is 1.36. The monoisotopic (exact) mass is 566 g/mol. The Morgan fingerprint density at radius 1 is 1.05 bits per heavy atom. The molecule has 1 aliphatic heterocycles. The normalized spacial score (nSPS) is 16.8. The summed E-state index contributed by atoms with van der Waals surface area (Å²) in [5.41, 5.74) is 5.07. The van der Waals surface area contributed by atoms with E-state index >= 15 is 0 Å². The Kier molecular flexibility index (Phi) is 6.83. The lowest BCUT2D eigenvalue weighted by Crippen LogP contribution is -2.29. The summed E-state index contributed by atoms with van der Waals surface area (Å²) in [4.78, 5) is 38.3. The number of carbonyl (C=O) groups is 2. The Bertz CT molecular complexity index is 1850. The van der Waals surface area contributed by atoms with Gasteiger partial charge in [-0.1, -0.05) is 48.9 Å². The summed E-state index contributed by atoms with van der Waals surface area (Å²) in [5.74, 6) is -1.08. The minimum absolute atomic E-state index is 0.00411. The van der Waals surface area contributed by atoms with Crippen molar-refractivity contribution in [3.63, 3.8) is 0 Å². The first-order chi connectivity index (χ1) is 19.8. The maximum Gasteiger partial charge on any atom is 0.301 e. The van der Waals surface area contributed by atoms with Gasteiger partial charge in [-0.3, -0.25) is 18.9 Å². The molecule has 1 aliphatic rings. The van der Waals surface area contributed by atoms with Crippen molar-refractivity contribution in [2.75, 3.05) is 11.5 Å². The Morgan fingerprint density at radius 2 is 1.83 bits per heavy atom. The van der Waals surface area contributed by atoms with Gasteiger partial charge in [0.05, 0.1) is 34.1 Å². The van der Waals surface area contributed by atoms with E-state index < -0.39 is 17.7 Å². The minimum atomic E-state index is -0.893. The number of aliphatic hydroxyl groups is 1. The van der Waals surface area contributed by atoms with Crippen molar-refractivity contribution < 1.29 is 19.4 Å². The van der Waals surface area contributed by atoms with Gasteiger partial charge in [-0.2, -0.15) is 0 Å². The molecule has 1 saturated heterocycles. The van der Waals surface area contributed by atoms with E-state index in [1.54, 1.807) is 17.5 Å². The van der Waals surface area contributed by atoms with Crippen LogP contribution in [0.3, 0.4) is 0 Å². The van der Waals surface area contributed by atoms with E-state index in [0.29, 0.717) is 40.1 Å². The second-order valence-electron chi connectivity index (χ2n) is 10.3. The van der Waals surface area contributed by atoms with Crippen LogP contribution in [0.25, 0.3) is 21.6 Å². The molecule has 1 unspecified atom stereocenters. The highest BCUT2D eigenvalue weighted by Gasteiger charge is 2.48. The molecule has 1 amide bonds. The van der Waals surface area contributed by atoms with Crippen molar-refractivity contribution in [1.29, 1.82) is 0 Å². The number of pyridine rings is 1. The predicted molar refractivity (Wildman–Crippen MR) is 161 cm³/mol. The highest BCUT2D eigenvalue weighted by Crippen LogP contribution is 2.45. The Balaban J connectivity index is 1.54. The molecule has 1 atom stereocenters. The summed E-state index contributed by atoms with van der Waals surface area (Å²) in [6.07, 6.45) is 3.74. The fourth-order valence-electron chi connectivity index (χ4n) is 5.41. The van der Waals surface area contributed by atoms with Crippen molar-refractivity contribution >= 4 is 49.8 Å². The van der Waals surface area contributed by atoms with Gasteiger partial charge in [-0.25, -0.2) is 9.97 Å². The second kappa shape index (κ2) is 10.5. The molecule has 0 radical (unpaired) electrons. The zero-order valence-electron chi connectivity index (χ0n) is 23.3. The number of amides is 1. The molecule has 3 aromatic heterocycles. The van der Waals surface area contributed by atoms with Gasteiger partial charge in [0.2, 0.25) is 0 Å². The van der Waals surface area contributed by atoms with Gasteiger partial charge in [0, 0.05) is 6.20 Å². The number of hydrogen-bond donors (Lipinski definition) is 1. The van der Waals surface area contributed by atoms with E-state index in [-0.39, 0.29) is 11.3 Å². The third-order valence-corrected chi connectivity index (χ3v) is 8.36. The van der Waals surface area contributed by atoms with E-state index in [1.807, 2.05) is 68.4 Å². The first-order valence-electron chi connectivity index (χ1n) is 13.6. The summed E-state index contributed by atoms with van der Waals surface area (Å²) in [7, 11) is 0. The summed E-state index contributed by atoms with van der Waals surface area (Å²) in [6.45, 7) is 8.47. The number of fused-ring (bicyclic) bond motifs is 2. The number of carbonyl (C=O) groups excluding carboxylic acids is 2. The lowest BCUT2D eigenvalue weighted by atomic mass is 9.96. The highest BCUT2D eigenvalue weighted by atomic mass is 32.1. The molecule has 0 saturated carbocycles. The number of imidazole rings is 1. The number of anilines is 1. The summed E-state index contributed by atoms with van der Waals surface area (Å²) < 4.78 is 8.50. The van der Waals surface area contributed by atoms with E-state index in [4.69, 9.17) is 9.72 Å². The second-order valence-corrected chi connectivity index (χ2v) is 11.3. The van der Waals surface area contributed by atoms with Crippen LogP contribution in [0, 0.1) is 20.8 Å². The van der Waals surface area contributed by atoms with E-state index in [9.17, 15) is 14.7 Å². The number of Topliss-reactive ketones (excluding diaryl/α,β-unsaturated/α-hetero) is 1. The molecule has 4 heterocycles. The van der Waals surface area contributed by atoms with Crippen LogP contribution in [0.15, 0.2) is 66.4 Å². The molecule has 208 valence electrons. The number of thiazole rings is 1. The van der Waals surface area contributed by atoms with Gasteiger partial charge in [0.25, 0.3) is 5.78 Å². The molecule has 41 heavy (non-hydrogen) atoms. The number of aliphatic hydroxyl groups excluding tert-OH is 1. The first-order valence-corrected chi connectivity index (χ1v) is 14.5. The number of ether oxygens (including phenoxy) is 1. The van der Waals surface area contributed by atoms with Gasteiger partial charge in [-0.05, 0) is 74.2 Å². The SMILES string of the molecule is CCCCOc1ccc(C2C(=C(O)c3c(C)nc4ccccn34)C(=O)C(=O)N2c2nc3c(C)cc(C)cc3s2)cc1. The van der Waals surface area contributed by atoms with Crippen molar-refractivity contribution in [2.24, 2.45) is 0 Å². The largest absolute Gasteiger partial charge is 0.505 e. The van der Waals surface area contributed by atoms with Crippen LogP contribution >= 0.6 is 11.3 Å². The molecule has 2 aromatic carbocycles. The zero-order valence-corrected chi connectivity index (χ0v) is 24.2. The quantitative estimate of drug-likeness (QED) is 0.102. The van der Waals surface area contributed by atoms with Gasteiger partial charge in [0.15, 0.2) is 10.9 Å². The van der Waals surface area contributed by atoms with E-state index in [0.717, 1.165) is 34.2 Å². The van der Waals surface area contributed by atoms with Gasteiger partial charge in [0.1, 0.15) is 17.1 Å². The fourth-order valence-corrected chi connectivity index (χ4v) is 6.58. The Hall–Kier alpha value is -4.50. The van der Waals surface area contributed by atoms with Crippen LogP contribution in [-0.4, -0.2) is 37.8 Å². The van der Waals surface area contributed by atoms with Crippen LogP contribution in [0.5, 0.6) is 5.75 Å². The Morgan fingerprint density at radius 3 is 2.59 bits per heavy atom. The summed E-state index contributed by atoms with van der Waals surface area (Å²) in [6, 6.07) is 16.0. The zero-order chi connectivity index (χ0) is 28.8. The summed E-state index contributed by atoms with van der Waals surface area (Å²) in [5, 5.41) is 12.2. The van der Waals surface area contributed by atoms with Crippen molar-refractivity contribution in [3.05, 3.63) is 94.4 Å². The molecule has 1 N–H and O–H groups in total. The average molecular weight is 567 g/mol. The van der Waals surface area contributed by atoms with Gasteiger partial charge >= 0.3 is 5.91 Å². The van der Waals surface area contributed by atoms with Crippen molar-refractivity contribution in [1.82, 2.24) is 14.4 Å². The number of nitrogens with zero attached hydrogens (tertiary/aromatic N) is 4. The number of ketones is 1.